The number of fused-ring (bicyclic) bond motifs is 1. The second kappa shape index (κ2) is 7.12. The quantitative estimate of drug-likeness (QED) is 0.441. The van der Waals surface area contributed by atoms with Crippen LogP contribution in [-0.2, 0) is 0 Å². The van der Waals surface area contributed by atoms with E-state index in [0.717, 1.165) is 16.1 Å². The predicted molar refractivity (Wildman–Crippen MR) is 114 cm³/mol. The number of thiophene rings is 1. The molecule has 0 aliphatic carbocycles. The maximum Gasteiger partial charge on any atom is 0.124 e. The van der Waals surface area contributed by atoms with E-state index in [4.69, 9.17) is 4.98 Å². The van der Waals surface area contributed by atoms with Crippen LogP contribution >= 0.6 is 11.3 Å². The fraction of sp³-hybridized carbons (Fsp3) is 0.217. The van der Waals surface area contributed by atoms with Gasteiger partial charge in [-0.2, -0.15) is 0 Å². The van der Waals surface area contributed by atoms with Crippen LogP contribution in [0.4, 0.5) is 5.69 Å². The van der Waals surface area contributed by atoms with Crippen molar-refractivity contribution in [1.29, 1.82) is 0 Å². The molecule has 134 valence electrons. The van der Waals surface area contributed by atoms with Crippen LogP contribution in [0.15, 0.2) is 67.0 Å². The molecule has 4 heterocycles. The van der Waals surface area contributed by atoms with Crippen molar-refractivity contribution in [3.05, 3.63) is 67.0 Å². The van der Waals surface area contributed by atoms with Crippen LogP contribution in [0.25, 0.3) is 31.9 Å². The smallest absolute Gasteiger partial charge is 0.124 e. The molecular weight excluding hydrogens is 350 g/mol. The molecule has 0 N–H and O–H groups in total. The summed E-state index contributed by atoms with van der Waals surface area (Å²) in [6.45, 7) is 2.35. The highest BCUT2D eigenvalue weighted by atomic mass is 32.1. The molecule has 27 heavy (non-hydrogen) atoms. The largest absolute Gasteiger partial charge is 0.372 e. The molecule has 1 saturated heterocycles. The summed E-state index contributed by atoms with van der Waals surface area (Å²) in [6.07, 6.45) is 7.68. The Hall–Kier alpha value is -2.72. The Morgan fingerprint density at radius 1 is 0.852 bits per heavy atom. The van der Waals surface area contributed by atoms with Gasteiger partial charge in [0.05, 0.1) is 5.69 Å². The molecular formula is C23H21N3S. The molecule has 0 radical (unpaired) electrons. The zero-order valence-electron chi connectivity index (χ0n) is 15.1. The first-order valence-electron chi connectivity index (χ1n) is 9.53. The van der Waals surface area contributed by atoms with E-state index in [0.29, 0.717) is 0 Å². The molecule has 0 amide bonds. The SMILES string of the molecule is c1cncc(-c2cc3ccc(-c4ccc(N5CCCCC5)cc4)nc3s2)c1. The zero-order valence-corrected chi connectivity index (χ0v) is 16.0. The van der Waals surface area contributed by atoms with Gasteiger partial charge in [-0.25, -0.2) is 4.98 Å². The molecule has 0 spiro atoms. The van der Waals surface area contributed by atoms with Crippen molar-refractivity contribution in [2.45, 2.75) is 19.3 Å². The molecule has 0 bridgehead atoms. The van der Waals surface area contributed by atoms with E-state index in [1.54, 1.807) is 17.5 Å². The Morgan fingerprint density at radius 3 is 2.48 bits per heavy atom. The van der Waals surface area contributed by atoms with Crippen molar-refractivity contribution < 1.29 is 0 Å². The van der Waals surface area contributed by atoms with Crippen molar-refractivity contribution >= 4 is 27.2 Å². The Bertz CT molecular complexity index is 1050. The van der Waals surface area contributed by atoms with E-state index in [9.17, 15) is 0 Å². The van der Waals surface area contributed by atoms with Crippen LogP contribution in [-0.4, -0.2) is 23.1 Å². The lowest BCUT2D eigenvalue weighted by atomic mass is 10.1. The second-order valence-corrected chi connectivity index (χ2v) is 8.07. The van der Waals surface area contributed by atoms with Crippen LogP contribution in [0, 0.1) is 0 Å². The minimum absolute atomic E-state index is 1.03. The molecule has 3 nitrogen and oxygen atoms in total. The van der Waals surface area contributed by atoms with Crippen molar-refractivity contribution in [3.63, 3.8) is 0 Å². The van der Waals surface area contributed by atoms with Crippen molar-refractivity contribution in [1.82, 2.24) is 9.97 Å². The summed E-state index contributed by atoms with van der Waals surface area (Å²) >= 11 is 1.73. The third-order valence-corrected chi connectivity index (χ3v) is 6.31. The van der Waals surface area contributed by atoms with Crippen LogP contribution in [0.1, 0.15) is 19.3 Å². The summed E-state index contributed by atoms with van der Waals surface area (Å²) in [5, 5.41) is 1.19. The maximum atomic E-state index is 4.92. The van der Waals surface area contributed by atoms with Gasteiger partial charge in [-0.15, -0.1) is 11.3 Å². The molecule has 3 aromatic heterocycles. The number of hydrogen-bond donors (Lipinski definition) is 0. The first kappa shape index (κ1) is 16.5. The molecule has 1 aliphatic rings. The Kier molecular flexibility index (Phi) is 4.34. The lowest BCUT2D eigenvalue weighted by molar-refractivity contribution is 0.578. The molecule has 0 saturated carbocycles. The third kappa shape index (κ3) is 3.33. The van der Waals surface area contributed by atoms with Gasteiger partial charge in [0.2, 0.25) is 0 Å². The van der Waals surface area contributed by atoms with Gasteiger partial charge in [0.15, 0.2) is 0 Å². The average molecular weight is 372 g/mol. The van der Waals surface area contributed by atoms with Crippen molar-refractivity contribution in [2.24, 2.45) is 0 Å². The van der Waals surface area contributed by atoms with E-state index in [1.807, 2.05) is 12.3 Å². The van der Waals surface area contributed by atoms with E-state index in [1.165, 1.54) is 53.9 Å². The predicted octanol–water partition coefficient (Wildman–Crippen LogP) is 6.02. The van der Waals surface area contributed by atoms with Crippen molar-refractivity contribution in [3.8, 4) is 21.7 Å². The molecule has 4 heteroatoms. The van der Waals surface area contributed by atoms with Crippen LogP contribution < -0.4 is 4.90 Å². The average Bonchev–Trinajstić information content (AvgIpc) is 3.19. The summed E-state index contributed by atoms with van der Waals surface area (Å²) in [7, 11) is 0. The summed E-state index contributed by atoms with van der Waals surface area (Å²) < 4.78 is 0. The van der Waals surface area contributed by atoms with Gasteiger partial charge in [0.25, 0.3) is 0 Å². The number of piperidine rings is 1. The molecule has 0 unspecified atom stereocenters. The highest BCUT2D eigenvalue weighted by molar-refractivity contribution is 7.21. The topological polar surface area (TPSA) is 29.0 Å². The van der Waals surface area contributed by atoms with Gasteiger partial charge < -0.3 is 4.90 Å². The van der Waals surface area contributed by atoms with Gasteiger partial charge in [0.1, 0.15) is 4.83 Å². The van der Waals surface area contributed by atoms with Crippen molar-refractivity contribution in [2.75, 3.05) is 18.0 Å². The summed E-state index contributed by atoms with van der Waals surface area (Å²) in [4.78, 5) is 13.9. The fourth-order valence-corrected chi connectivity index (χ4v) is 4.75. The number of aromatic nitrogens is 2. The standard InChI is InChI=1S/C23H21N3S/c1-2-13-26(14-3-1)20-9-6-17(7-10-20)21-11-8-18-15-22(27-23(18)25-21)19-5-4-12-24-16-19/h4-12,15-16H,1-3,13-14H2. The minimum atomic E-state index is 1.03. The molecule has 5 rings (SSSR count). The monoisotopic (exact) mass is 371 g/mol. The van der Waals surface area contributed by atoms with Gasteiger partial charge >= 0.3 is 0 Å². The lowest BCUT2D eigenvalue weighted by Crippen LogP contribution is -2.29. The number of hydrogen-bond acceptors (Lipinski definition) is 4. The molecule has 1 aromatic carbocycles. The fourth-order valence-electron chi connectivity index (χ4n) is 3.72. The van der Waals surface area contributed by atoms with Crippen LogP contribution in [0.5, 0.6) is 0 Å². The van der Waals surface area contributed by atoms with Gasteiger partial charge in [-0.3, -0.25) is 4.98 Å². The van der Waals surface area contributed by atoms with E-state index >= 15 is 0 Å². The maximum absolute atomic E-state index is 4.92. The molecule has 1 fully saturated rings. The minimum Gasteiger partial charge on any atom is -0.372 e. The number of nitrogens with zero attached hydrogens (tertiary/aromatic N) is 3. The van der Waals surface area contributed by atoms with E-state index in [-0.39, 0.29) is 0 Å². The number of rotatable bonds is 3. The molecule has 1 aliphatic heterocycles. The van der Waals surface area contributed by atoms with Gasteiger partial charge in [-0.1, -0.05) is 18.2 Å². The summed E-state index contributed by atoms with van der Waals surface area (Å²) in [5.74, 6) is 0. The summed E-state index contributed by atoms with van der Waals surface area (Å²) in [5.41, 5.74) is 4.68. The first-order valence-corrected chi connectivity index (χ1v) is 10.3. The summed E-state index contributed by atoms with van der Waals surface area (Å²) in [6, 6.07) is 19.4. The number of benzene rings is 1. The Morgan fingerprint density at radius 2 is 1.70 bits per heavy atom. The highest BCUT2D eigenvalue weighted by Crippen LogP contribution is 2.34. The van der Waals surface area contributed by atoms with Crippen LogP contribution in [0.3, 0.4) is 0 Å². The highest BCUT2D eigenvalue weighted by Gasteiger charge is 2.12. The number of anilines is 1. The number of pyridine rings is 2. The van der Waals surface area contributed by atoms with E-state index < -0.39 is 0 Å². The van der Waals surface area contributed by atoms with E-state index in [2.05, 4.69) is 58.4 Å². The van der Waals surface area contributed by atoms with Gasteiger partial charge in [0, 0.05) is 52.6 Å². The third-order valence-electron chi connectivity index (χ3n) is 5.21. The Labute approximate surface area is 163 Å². The second-order valence-electron chi connectivity index (χ2n) is 7.04. The van der Waals surface area contributed by atoms with Gasteiger partial charge in [-0.05, 0) is 55.7 Å². The Balaban J connectivity index is 1.44. The zero-order chi connectivity index (χ0) is 18.1. The normalized spacial score (nSPS) is 14.6. The molecule has 4 aromatic rings. The molecule has 0 atom stereocenters. The first-order chi connectivity index (χ1) is 13.4. The lowest BCUT2D eigenvalue weighted by Gasteiger charge is -2.28. The van der Waals surface area contributed by atoms with Crippen LogP contribution in [0.2, 0.25) is 0 Å².